The van der Waals surface area contributed by atoms with Gasteiger partial charge in [-0.15, -0.1) is 9.35 Å². The molecule has 2 rings (SSSR count). The van der Waals surface area contributed by atoms with Crippen LogP contribution in [0.15, 0.2) is 5.16 Å². The monoisotopic (exact) mass is 245 g/mol. The summed E-state index contributed by atoms with van der Waals surface area (Å²) >= 11 is 0. The molecule has 16 heavy (non-hydrogen) atoms. The first kappa shape index (κ1) is 11.8. The lowest BCUT2D eigenvalue weighted by molar-refractivity contribution is 0.466. The molecule has 0 fully saturated rings. The van der Waals surface area contributed by atoms with E-state index in [2.05, 4.69) is 10.3 Å². The second-order valence-corrected chi connectivity index (χ2v) is 9.01. The second-order valence-electron chi connectivity index (χ2n) is 5.12. The average Bonchev–Trinajstić information content (AvgIpc) is 2.54. The van der Waals surface area contributed by atoms with Crippen molar-refractivity contribution >= 4 is 9.35 Å². The van der Waals surface area contributed by atoms with Gasteiger partial charge in [-0.25, -0.2) is 9.19 Å². The van der Waals surface area contributed by atoms with Crippen molar-refractivity contribution in [3.8, 4) is 0 Å². The molecule has 0 bridgehead atoms. The zero-order valence-electron chi connectivity index (χ0n) is 10.1. The molecule has 0 aliphatic carbocycles. The average molecular weight is 245 g/mol. The fraction of sp³-hybridized carbons (Fsp3) is 0.700. The van der Waals surface area contributed by atoms with Crippen LogP contribution in [-0.2, 0) is 22.4 Å². The minimum Gasteiger partial charge on any atom is -0.311 e. The van der Waals surface area contributed by atoms with E-state index in [1.165, 1.54) is 12.5 Å². The second kappa shape index (κ2) is 3.15. The lowest BCUT2D eigenvalue weighted by Crippen LogP contribution is -2.33. The van der Waals surface area contributed by atoms with Crippen LogP contribution in [0.25, 0.3) is 0 Å². The van der Waals surface area contributed by atoms with Gasteiger partial charge in [-0.05, 0) is 13.8 Å². The molecular formula is C10H19N3O2S. The molecule has 0 aromatic carbocycles. The van der Waals surface area contributed by atoms with E-state index in [1.807, 2.05) is 18.4 Å². The van der Waals surface area contributed by atoms with Gasteiger partial charge in [-0.2, -0.15) is 0 Å². The molecule has 0 unspecified atom stereocenters. The molecule has 1 aliphatic rings. The van der Waals surface area contributed by atoms with Crippen LogP contribution < -0.4 is 5.32 Å². The summed E-state index contributed by atoms with van der Waals surface area (Å²) < 4.78 is 24.3. The van der Waals surface area contributed by atoms with E-state index in [9.17, 15) is 8.76 Å². The molecule has 2 N–H and O–H groups in total. The van der Waals surface area contributed by atoms with E-state index in [0.29, 0.717) is 11.7 Å². The van der Waals surface area contributed by atoms with Gasteiger partial charge >= 0.3 is 0 Å². The normalized spacial score (nSPS) is 18.5. The lowest BCUT2D eigenvalue weighted by Gasteiger charge is -2.34. The van der Waals surface area contributed by atoms with E-state index >= 15 is 0 Å². The van der Waals surface area contributed by atoms with Gasteiger partial charge in [0.15, 0.2) is 0 Å². The number of hydrogen-bond donors (Lipinski definition) is 2. The first-order valence-corrected chi connectivity index (χ1v) is 8.08. The Morgan fingerprint density at radius 1 is 1.44 bits per heavy atom. The van der Waals surface area contributed by atoms with Crippen LogP contribution in [0.4, 0.5) is 0 Å². The van der Waals surface area contributed by atoms with Crippen LogP contribution >= 0.6 is 0 Å². The van der Waals surface area contributed by atoms with E-state index in [-0.39, 0.29) is 6.04 Å². The number of hydrogen-bond acceptors (Lipinski definition) is 3. The Balaban J connectivity index is 2.69. The van der Waals surface area contributed by atoms with Crippen molar-refractivity contribution in [3.63, 3.8) is 0 Å². The summed E-state index contributed by atoms with van der Waals surface area (Å²) in [6, 6.07) is 0.141. The van der Waals surface area contributed by atoms with Crippen molar-refractivity contribution in [2.45, 2.75) is 38.1 Å². The van der Waals surface area contributed by atoms with Gasteiger partial charge in [-0.3, -0.25) is 4.55 Å². The van der Waals surface area contributed by atoms with E-state index in [0.717, 1.165) is 17.9 Å². The highest BCUT2D eigenvalue weighted by atomic mass is 32.3. The van der Waals surface area contributed by atoms with Gasteiger partial charge in [0, 0.05) is 31.6 Å². The molecule has 2 heterocycles. The molecule has 1 aliphatic heterocycles. The number of nitrogens with zero attached hydrogens (tertiary/aromatic N) is 2. The number of aromatic nitrogens is 2. The maximum absolute atomic E-state index is 12.3. The van der Waals surface area contributed by atoms with Crippen LogP contribution in [0.5, 0.6) is 0 Å². The van der Waals surface area contributed by atoms with Crippen molar-refractivity contribution in [1.29, 1.82) is 0 Å². The van der Waals surface area contributed by atoms with Gasteiger partial charge < -0.3 is 9.88 Å². The van der Waals surface area contributed by atoms with E-state index < -0.39 is 9.35 Å². The van der Waals surface area contributed by atoms with Crippen LogP contribution in [0, 0.1) is 0 Å². The maximum atomic E-state index is 12.3. The molecule has 0 saturated carbocycles. The zero-order chi connectivity index (χ0) is 12.2. The third-order valence-electron chi connectivity index (χ3n) is 2.68. The molecule has 0 amide bonds. The number of fused-ring (bicyclic) bond motifs is 1. The first-order chi connectivity index (χ1) is 7.17. The Hall–Kier alpha value is -0.720. The Morgan fingerprint density at radius 2 is 2.06 bits per heavy atom. The maximum Gasteiger partial charge on any atom is 0.218 e. The Morgan fingerprint density at radius 3 is 2.56 bits per heavy atom. The fourth-order valence-corrected chi connectivity index (χ4v) is 3.31. The summed E-state index contributed by atoms with van der Waals surface area (Å²) in [6.45, 7) is 5.42. The first-order valence-electron chi connectivity index (χ1n) is 5.34. The van der Waals surface area contributed by atoms with Gasteiger partial charge in [0.2, 0.25) is 5.16 Å². The van der Waals surface area contributed by atoms with E-state index in [4.69, 9.17) is 0 Å². The van der Waals surface area contributed by atoms with Gasteiger partial charge in [-0.1, -0.05) is 0 Å². The number of rotatable bonds is 2. The van der Waals surface area contributed by atoms with E-state index in [1.54, 1.807) is 0 Å². The van der Waals surface area contributed by atoms with Crippen molar-refractivity contribution < 1.29 is 8.76 Å². The van der Waals surface area contributed by atoms with Crippen molar-refractivity contribution in [2.75, 3.05) is 12.5 Å². The SMILES string of the molecule is CC(C)n1c(S(C)(C)(=O)O)nc2c1CNC2. The molecule has 1 aromatic heterocycles. The highest BCUT2D eigenvalue weighted by Crippen LogP contribution is 2.31. The summed E-state index contributed by atoms with van der Waals surface area (Å²) in [4.78, 5) is 4.34. The van der Waals surface area contributed by atoms with Crippen molar-refractivity contribution in [3.05, 3.63) is 11.4 Å². The Bertz CT molecular complexity index is 487. The Kier molecular flexibility index (Phi) is 2.31. The Labute approximate surface area is 95.5 Å². The molecule has 0 spiro atoms. The minimum atomic E-state index is -3.78. The molecule has 5 nitrogen and oxygen atoms in total. The van der Waals surface area contributed by atoms with Crippen LogP contribution in [0.2, 0.25) is 0 Å². The van der Waals surface area contributed by atoms with Crippen molar-refractivity contribution in [2.24, 2.45) is 0 Å². The third-order valence-corrected chi connectivity index (χ3v) is 4.01. The van der Waals surface area contributed by atoms with Gasteiger partial charge in [0.05, 0.1) is 11.4 Å². The summed E-state index contributed by atoms with van der Waals surface area (Å²) in [5, 5.41) is 3.52. The molecule has 92 valence electrons. The smallest absolute Gasteiger partial charge is 0.218 e. The predicted molar refractivity (Wildman–Crippen MR) is 64.0 cm³/mol. The predicted octanol–water partition coefficient (Wildman–Crippen LogP) is 0.979. The topological polar surface area (TPSA) is 67.2 Å². The standard InChI is InChI=1S/C10H19N3O2S/c1-7(2)13-9-6-11-5-8(9)12-10(13)16(3,4,14)15/h7,11H,5-6H2,1-4H3,(H,14,15). The zero-order valence-corrected chi connectivity index (χ0v) is 11.0. The largest absolute Gasteiger partial charge is 0.311 e. The molecule has 1 aromatic rings. The summed E-state index contributed by atoms with van der Waals surface area (Å²) in [6.07, 6.45) is 2.72. The molecule has 0 radical (unpaired) electrons. The highest BCUT2D eigenvalue weighted by Gasteiger charge is 2.31. The number of nitrogens with one attached hydrogen (secondary N) is 1. The lowest BCUT2D eigenvalue weighted by atomic mass is 10.3. The number of imidazole rings is 1. The third kappa shape index (κ3) is 1.81. The van der Waals surface area contributed by atoms with Gasteiger partial charge in [0.25, 0.3) is 0 Å². The fourth-order valence-electron chi connectivity index (χ4n) is 2.06. The summed E-state index contributed by atoms with van der Waals surface area (Å²) in [5.74, 6) is 0. The summed E-state index contributed by atoms with van der Waals surface area (Å²) in [7, 11) is -3.78. The van der Waals surface area contributed by atoms with Crippen LogP contribution in [0.1, 0.15) is 31.3 Å². The molecule has 0 saturated heterocycles. The highest BCUT2D eigenvalue weighted by molar-refractivity contribution is 8.13. The van der Waals surface area contributed by atoms with Crippen molar-refractivity contribution in [1.82, 2.24) is 14.9 Å². The quantitative estimate of drug-likeness (QED) is 0.815. The molecule has 6 heteroatoms. The van der Waals surface area contributed by atoms with Gasteiger partial charge in [0.1, 0.15) is 0 Å². The minimum absolute atomic E-state index is 0.141. The molecule has 0 atom stereocenters. The van der Waals surface area contributed by atoms with Crippen LogP contribution in [-0.4, -0.2) is 30.8 Å². The van der Waals surface area contributed by atoms with Crippen LogP contribution in [0.3, 0.4) is 0 Å². The molecular weight excluding hydrogens is 226 g/mol. The summed E-state index contributed by atoms with van der Waals surface area (Å²) in [5.41, 5.74) is 1.95.